The van der Waals surface area contributed by atoms with Crippen molar-refractivity contribution in [3.8, 4) is 0 Å². The van der Waals surface area contributed by atoms with Crippen molar-refractivity contribution in [2.45, 2.75) is 19.3 Å². The number of carbonyl (C=O) groups is 2. The van der Waals surface area contributed by atoms with Gasteiger partial charge in [-0.05, 0) is 64.5 Å². The second-order valence-corrected chi connectivity index (χ2v) is 7.24. The average molecular weight is 421 g/mol. The number of hydrogen-bond donors (Lipinski definition) is 2. The van der Waals surface area contributed by atoms with Crippen LogP contribution in [-0.4, -0.2) is 41.5 Å². The van der Waals surface area contributed by atoms with E-state index in [2.05, 4.69) is 21.2 Å². The van der Waals surface area contributed by atoms with Crippen LogP contribution in [0.2, 0.25) is 0 Å². The van der Waals surface area contributed by atoms with Gasteiger partial charge in [-0.2, -0.15) is 0 Å². The molecule has 0 saturated carbocycles. The topological polar surface area (TPSA) is 82.8 Å². The Hall–Kier alpha value is -2.12. The Bertz CT molecular complexity index is 772. The minimum atomic E-state index is -0.331. The number of carbonyl (C=O) groups excluding carboxylic acids is 2. The maximum absolute atomic E-state index is 12.4. The van der Waals surface area contributed by atoms with E-state index >= 15 is 0 Å². The van der Waals surface area contributed by atoms with Crippen LogP contribution in [0, 0.1) is 5.92 Å². The molecule has 7 heteroatoms. The van der Waals surface area contributed by atoms with Crippen LogP contribution in [-0.2, 0) is 11.2 Å². The van der Waals surface area contributed by atoms with E-state index in [1.165, 1.54) is 0 Å². The zero-order valence-electron chi connectivity index (χ0n) is 14.3. The second-order valence-electron chi connectivity index (χ2n) is 6.46. The summed E-state index contributed by atoms with van der Waals surface area (Å²) in [5.74, 6) is 0.148. The molecule has 1 aliphatic heterocycles. The number of hydrogen-bond acceptors (Lipinski definition) is 4. The number of benzene rings is 1. The first-order valence-electron chi connectivity index (χ1n) is 8.59. The molecule has 1 atom stereocenters. The van der Waals surface area contributed by atoms with E-state index in [1.54, 1.807) is 24.3 Å². The molecule has 1 unspecified atom stereocenters. The fourth-order valence-electron chi connectivity index (χ4n) is 3.06. The van der Waals surface area contributed by atoms with E-state index in [4.69, 9.17) is 4.42 Å². The molecular weight excluding hydrogens is 400 g/mol. The molecule has 26 heavy (non-hydrogen) atoms. The van der Waals surface area contributed by atoms with Gasteiger partial charge in [0.25, 0.3) is 5.91 Å². The summed E-state index contributed by atoms with van der Waals surface area (Å²) in [6, 6.07) is 10.4. The molecule has 2 heterocycles. The highest BCUT2D eigenvalue weighted by atomic mass is 79.9. The minimum Gasteiger partial charge on any atom is -0.444 e. The maximum Gasteiger partial charge on any atom is 0.291 e. The highest BCUT2D eigenvalue weighted by Gasteiger charge is 2.23. The van der Waals surface area contributed by atoms with Crippen LogP contribution < -0.4 is 5.32 Å². The number of furan rings is 1. The molecule has 3 rings (SSSR count). The molecule has 1 saturated heterocycles. The van der Waals surface area contributed by atoms with Gasteiger partial charge in [-0.15, -0.1) is 0 Å². The molecule has 0 spiro atoms. The van der Waals surface area contributed by atoms with Crippen molar-refractivity contribution in [2.24, 2.45) is 5.92 Å². The molecular formula is C19H21BrN2O4. The molecule has 0 bridgehead atoms. The predicted molar refractivity (Wildman–Crippen MR) is 101 cm³/mol. The zero-order valence-corrected chi connectivity index (χ0v) is 15.9. The number of amides is 2. The Morgan fingerprint density at radius 3 is 2.65 bits per heavy atom. The average Bonchev–Trinajstić information content (AvgIpc) is 3.10. The maximum atomic E-state index is 12.4. The lowest BCUT2D eigenvalue weighted by Gasteiger charge is -2.32. The Morgan fingerprint density at radius 2 is 2.00 bits per heavy atom. The quantitative estimate of drug-likeness (QED) is 0.778. The first-order chi connectivity index (χ1) is 12.5. The van der Waals surface area contributed by atoms with E-state index in [1.807, 2.05) is 17.0 Å². The number of piperidine rings is 1. The summed E-state index contributed by atoms with van der Waals surface area (Å²) >= 11 is 3.16. The lowest BCUT2D eigenvalue weighted by Crippen LogP contribution is -2.41. The van der Waals surface area contributed by atoms with E-state index in [0.717, 1.165) is 24.9 Å². The van der Waals surface area contributed by atoms with Crippen molar-refractivity contribution < 1.29 is 19.1 Å². The number of anilines is 1. The molecule has 1 aromatic heterocycles. The van der Waals surface area contributed by atoms with E-state index in [0.29, 0.717) is 23.3 Å². The third-order valence-electron chi connectivity index (χ3n) is 4.49. The minimum absolute atomic E-state index is 0.0698. The van der Waals surface area contributed by atoms with Crippen molar-refractivity contribution in [3.63, 3.8) is 0 Å². The van der Waals surface area contributed by atoms with Crippen LogP contribution in [0.5, 0.6) is 0 Å². The number of likely N-dealkylation sites (tertiary alicyclic amines) is 1. The smallest absolute Gasteiger partial charge is 0.291 e. The standard InChI is InChI=1S/C19H21BrN2O4/c20-17-8-7-16(26-17)19(25)21-15-5-3-13(4-6-15)10-18(24)22-9-1-2-14(11-22)12-23/h3-8,14,23H,1-2,9-12H2,(H,21,25). The van der Waals surface area contributed by atoms with E-state index in [-0.39, 0.29) is 30.1 Å². The van der Waals surface area contributed by atoms with Gasteiger partial charge in [-0.1, -0.05) is 12.1 Å². The third-order valence-corrected chi connectivity index (χ3v) is 4.92. The van der Waals surface area contributed by atoms with Crippen molar-refractivity contribution in [2.75, 3.05) is 25.0 Å². The summed E-state index contributed by atoms with van der Waals surface area (Å²) in [7, 11) is 0. The molecule has 0 aliphatic carbocycles. The van der Waals surface area contributed by atoms with Crippen molar-refractivity contribution in [1.82, 2.24) is 4.90 Å². The van der Waals surface area contributed by atoms with Crippen molar-refractivity contribution >= 4 is 33.4 Å². The Morgan fingerprint density at radius 1 is 1.23 bits per heavy atom. The summed E-state index contributed by atoms with van der Waals surface area (Å²) in [5, 5.41) is 12.0. The largest absolute Gasteiger partial charge is 0.444 e. The summed E-state index contributed by atoms with van der Waals surface area (Å²) in [4.78, 5) is 26.3. The van der Waals surface area contributed by atoms with Crippen LogP contribution in [0.15, 0.2) is 45.5 Å². The van der Waals surface area contributed by atoms with Gasteiger partial charge in [0.2, 0.25) is 5.91 Å². The number of rotatable bonds is 5. The first kappa shape index (κ1) is 18.7. The molecule has 2 N–H and O–H groups in total. The highest BCUT2D eigenvalue weighted by molar-refractivity contribution is 9.10. The van der Waals surface area contributed by atoms with Gasteiger partial charge in [0.15, 0.2) is 10.4 Å². The van der Waals surface area contributed by atoms with Crippen LogP contribution >= 0.6 is 15.9 Å². The third kappa shape index (κ3) is 4.74. The van der Waals surface area contributed by atoms with Crippen LogP contribution in [0.3, 0.4) is 0 Å². The molecule has 138 valence electrons. The van der Waals surface area contributed by atoms with Gasteiger partial charge in [0.05, 0.1) is 6.42 Å². The molecule has 1 aliphatic rings. The van der Waals surface area contributed by atoms with Gasteiger partial charge >= 0.3 is 0 Å². The van der Waals surface area contributed by atoms with Gasteiger partial charge in [0.1, 0.15) is 0 Å². The second kappa shape index (κ2) is 8.51. The Kier molecular flexibility index (Phi) is 6.11. The molecule has 2 amide bonds. The Balaban J connectivity index is 1.55. The monoisotopic (exact) mass is 420 g/mol. The molecule has 1 aromatic carbocycles. The zero-order chi connectivity index (χ0) is 18.5. The van der Waals surface area contributed by atoms with Gasteiger partial charge in [-0.25, -0.2) is 0 Å². The fourth-order valence-corrected chi connectivity index (χ4v) is 3.37. The number of aliphatic hydroxyl groups is 1. The van der Waals surface area contributed by atoms with E-state index < -0.39 is 0 Å². The predicted octanol–water partition coefficient (Wildman–Crippen LogP) is 3.07. The SMILES string of the molecule is O=C(Nc1ccc(CC(=O)N2CCCC(CO)C2)cc1)c1ccc(Br)o1. The Labute approximate surface area is 160 Å². The highest BCUT2D eigenvalue weighted by Crippen LogP contribution is 2.19. The van der Waals surface area contributed by atoms with Crippen LogP contribution in [0.25, 0.3) is 0 Å². The van der Waals surface area contributed by atoms with Gasteiger partial charge < -0.3 is 19.7 Å². The lowest BCUT2D eigenvalue weighted by molar-refractivity contribution is -0.132. The molecule has 6 nitrogen and oxygen atoms in total. The summed E-state index contributed by atoms with van der Waals surface area (Å²) < 4.78 is 5.71. The normalized spacial score (nSPS) is 17.2. The number of aliphatic hydroxyl groups excluding tert-OH is 1. The first-order valence-corrected chi connectivity index (χ1v) is 9.38. The summed E-state index contributed by atoms with van der Waals surface area (Å²) in [5.41, 5.74) is 1.52. The van der Waals surface area contributed by atoms with Crippen LogP contribution in [0.1, 0.15) is 29.0 Å². The van der Waals surface area contributed by atoms with Gasteiger partial charge in [0, 0.05) is 25.4 Å². The number of halogens is 1. The van der Waals surface area contributed by atoms with Crippen LogP contribution in [0.4, 0.5) is 5.69 Å². The molecule has 1 fully saturated rings. The van der Waals surface area contributed by atoms with Crippen molar-refractivity contribution in [1.29, 1.82) is 0 Å². The van der Waals surface area contributed by atoms with Gasteiger partial charge in [-0.3, -0.25) is 9.59 Å². The summed E-state index contributed by atoms with van der Waals surface area (Å²) in [6.45, 7) is 1.51. The van der Waals surface area contributed by atoms with E-state index in [9.17, 15) is 14.7 Å². The molecule has 2 aromatic rings. The molecule has 0 radical (unpaired) electrons. The number of nitrogens with one attached hydrogen (secondary N) is 1. The fraction of sp³-hybridized carbons (Fsp3) is 0.368. The lowest BCUT2D eigenvalue weighted by atomic mass is 9.98. The number of nitrogens with zero attached hydrogens (tertiary/aromatic N) is 1. The van der Waals surface area contributed by atoms with Crippen molar-refractivity contribution in [3.05, 3.63) is 52.4 Å². The summed E-state index contributed by atoms with van der Waals surface area (Å²) in [6.07, 6.45) is 2.23.